The molecule has 0 saturated heterocycles. The van der Waals surface area contributed by atoms with E-state index in [1.807, 2.05) is 45.9 Å². The van der Waals surface area contributed by atoms with Crippen molar-refractivity contribution in [2.24, 2.45) is 0 Å². The van der Waals surface area contributed by atoms with E-state index < -0.39 is 11.4 Å². The normalized spacial score (nSPS) is 15.8. The highest BCUT2D eigenvalue weighted by atomic mass is 32.2. The van der Waals surface area contributed by atoms with E-state index >= 15 is 0 Å². The van der Waals surface area contributed by atoms with Gasteiger partial charge in [0.05, 0.1) is 11.6 Å². The number of H-pyrrole nitrogens is 1. The van der Waals surface area contributed by atoms with Gasteiger partial charge in [0.25, 0.3) is 0 Å². The van der Waals surface area contributed by atoms with Gasteiger partial charge in [-0.05, 0) is 45.4 Å². The number of rotatable bonds is 3. The van der Waals surface area contributed by atoms with Gasteiger partial charge in [-0.3, -0.25) is 5.10 Å². The molecule has 2 atom stereocenters. The molecule has 6 heteroatoms. The molecule has 2 aromatic rings. The summed E-state index contributed by atoms with van der Waals surface area (Å²) in [6, 6.07) is 5.87. The fourth-order valence-corrected chi connectivity index (χ4v) is 2.35. The fourth-order valence-electron chi connectivity index (χ4n) is 1.54. The maximum absolute atomic E-state index is 12.0. The number of aromatic nitrogens is 3. The second kappa shape index (κ2) is 4.87. The minimum Gasteiger partial charge on any atom is -0.598 e. The summed E-state index contributed by atoms with van der Waals surface area (Å²) in [5.74, 6) is 0. The van der Waals surface area contributed by atoms with Crippen LogP contribution in [0.1, 0.15) is 39.3 Å². The van der Waals surface area contributed by atoms with E-state index in [2.05, 4.69) is 20.1 Å². The van der Waals surface area contributed by atoms with Crippen molar-refractivity contribution in [3.63, 3.8) is 0 Å². The lowest BCUT2D eigenvalue weighted by atomic mass is 10.1. The van der Waals surface area contributed by atoms with Crippen LogP contribution in [0.25, 0.3) is 11.0 Å². The molecule has 1 aromatic heterocycles. The van der Waals surface area contributed by atoms with Crippen molar-refractivity contribution in [3.05, 3.63) is 23.8 Å². The smallest absolute Gasteiger partial charge is 0.136 e. The van der Waals surface area contributed by atoms with Gasteiger partial charge in [-0.25, -0.2) is 0 Å². The summed E-state index contributed by atoms with van der Waals surface area (Å²) in [7, 11) is 0. The summed E-state index contributed by atoms with van der Waals surface area (Å²) in [6.45, 7) is 7.84. The van der Waals surface area contributed by atoms with Crippen LogP contribution in [0.3, 0.4) is 0 Å². The highest BCUT2D eigenvalue weighted by Gasteiger charge is 2.28. The first-order valence-corrected chi connectivity index (χ1v) is 7.01. The number of benzene rings is 1. The number of hydrogen-bond donors (Lipinski definition) is 2. The lowest BCUT2D eigenvalue weighted by Gasteiger charge is -2.26. The fraction of sp³-hybridized carbons (Fsp3) is 0.500. The van der Waals surface area contributed by atoms with Crippen molar-refractivity contribution in [2.45, 2.75) is 38.5 Å². The Hall–Kier alpha value is -1.11. The van der Waals surface area contributed by atoms with E-state index in [-0.39, 0.29) is 10.8 Å². The molecule has 0 aliphatic heterocycles. The predicted octanol–water partition coefficient (Wildman–Crippen LogP) is 2.07. The van der Waals surface area contributed by atoms with E-state index in [9.17, 15) is 4.55 Å². The molecule has 0 bridgehead atoms. The molecule has 98 valence electrons. The zero-order valence-electron chi connectivity index (χ0n) is 11.0. The standard InChI is InChI=1S/C12H18N4OS/c1-8(15-18(17)12(2,3)4)9-5-6-10-11(7-9)14-16-13-10/h5-8,15H,1-4H3,(H,13,14,16)/t8-,18?/m1/s1. The van der Waals surface area contributed by atoms with Crippen molar-refractivity contribution >= 4 is 22.4 Å². The van der Waals surface area contributed by atoms with Crippen LogP contribution in [0.5, 0.6) is 0 Å². The van der Waals surface area contributed by atoms with Crippen LogP contribution in [-0.2, 0) is 11.4 Å². The first-order valence-electron chi connectivity index (χ1n) is 5.86. The monoisotopic (exact) mass is 266 g/mol. The maximum Gasteiger partial charge on any atom is 0.136 e. The minimum atomic E-state index is -1.08. The van der Waals surface area contributed by atoms with E-state index in [4.69, 9.17) is 0 Å². The number of fused-ring (bicyclic) bond motifs is 1. The van der Waals surface area contributed by atoms with Crippen LogP contribution in [0.2, 0.25) is 0 Å². The third-order valence-corrected chi connectivity index (χ3v) is 4.37. The van der Waals surface area contributed by atoms with E-state index in [1.54, 1.807) is 0 Å². The molecule has 1 aromatic carbocycles. The van der Waals surface area contributed by atoms with Crippen LogP contribution >= 0.6 is 0 Å². The molecule has 1 unspecified atom stereocenters. The molecule has 18 heavy (non-hydrogen) atoms. The molecule has 0 fully saturated rings. The first kappa shape index (κ1) is 13.3. The summed E-state index contributed by atoms with van der Waals surface area (Å²) >= 11 is -1.08. The second-order valence-corrected chi connectivity index (χ2v) is 7.31. The highest BCUT2D eigenvalue weighted by molar-refractivity contribution is 7.90. The van der Waals surface area contributed by atoms with Crippen LogP contribution in [0.4, 0.5) is 0 Å². The Balaban J connectivity index is 2.15. The molecular formula is C12H18N4OS. The molecule has 2 rings (SSSR count). The second-order valence-electron chi connectivity index (χ2n) is 5.31. The molecule has 0 spiro atoms. The minimum absolute atomic E-state index is 0.0118. The van der Waals surface area contributed by atoms with Gasteiger partial charge in [0.1, 0.15) is 10.3 Å². The molecular weight excluding hydrogens is 248 g/mol. The van der Waals surface area contributed by atoms with Gasteiger partial charge in [-0.15, -0.1) is 9.82 Å². The Kier molecular flexibility index (Phi) is 3.61. The summed E-state index contributed by atoms with van der Waals surface area (Å²) in [6.07, 6.45) is 0. The van der Waals surface area contributed by atoms with Crippen molar-refractivity contribution in [3.8, 4) is 0 Å². The molecule has 0 aliphatic carbocycles. The average molecular weight is 266 g/mol. The predicted molar refractivity (Wildman–Crippen MR) is 73.3 cm³/mol. The molecule has 0 aliphatic rings. The van der Waals surface area contributed by atoms with Crippen molar-refractivity contribution < 1.29 is 4.55 Å². The average Bonchev–Trinajstić information content (AvgIpc) is 2.74. The van der Waals surface area contributed by atoms with Gasteiger partial charge in [0, 0.05) is 11.4 Å². The Labute approximate surface area is 110 Å². The summed E-state index contributed by atoms with van der Waals surface area (Å²) in [5.41, 5.74) is 2.79. The number of hydrogen-bond acceptors (Lipinski definition) is 4. The summed E-state index contributed by atoms with van der Waals surface area (Å²) < 4.78 is 14.9. The Morgan fingerprint density at radius 2 is 2.11 bits per heavy atom. The number of nitrogens with zero attached hydrogens (tertiary/aromatic N) is 2. The van der Waals surface area contributed by atoms with Gasteiger partial charge in [-0.2, -0.15) is 0 Å². The molecule has 0 saturated carbocycles. The van der Waals surface area contributed by atoms with E-state index in [0.29, 0.717) is 0 Å². The van der Waals surface area contributed by atoms with E-state index in [1.165, 1.54) is 0 Å². The van der Waals surface area contributed by atoms with Crippen LogP contribution in [0, 0.1) is 0 Å². The van der Waals surface area contributed by atoms with Crippen molar-refractivity contribution in [1.29, 1.82) is 0 Å². The zero-order valence-corrected chi connectivity index (χ0v) is 11.8. The number of nitrogens with one attached hydrogen (secondary N) is 2. The Morgan fingerprint density at radius 3 is 2.78 bits per heavy atom. The molecule has 0 amide bonds. The molecule has 1 heterocycles. The molecule has 5 nitrogen and oxygen atoms in total. The highest BCUT2D eigenvalue weighted by Crippen LogP contribution is 2.21. The van der Waals surface area contributed by atoms with Crippen LogP contribution < -0.4 is 4.72 Å². The summed E-state index contributed by atoms with van der Waals surface area (Å²) in [5, 5.41) is 10.5. The quantitative estimate of drug-likeness (QED) is 0.834. The van der Waals surface area contributed by atoms with Gasteiger partial charge < -0.3 is 4.55 Å². The van der Waals surface area contributed by atoms with E-state index in [0.717, 1.165) is 16.6 Å². The van der Waals surface area contributed by atoms with Gasteiger partial charge >= 0.3 is 0 Å². The third-order valence-electron chi connectivity index (χ3n) is 2.69. The van der Waals surface area contributed by atoms with Crippen molar-refractivity contribution in [1.82, 2.24) is 20.1 Å². The Bertz CT molecular complexity index is 534. The van der Waals surface area contributed by atoms with Gasteiger partial charge in [0.15, 0.2) is 0 Å². The first-order chi connectivity index (χ1) is 8.38. The summed E-state index contributed by atoms with van der Waals surface area (Å²) in [4.78, 5) is 0. The number of aromatic amines is 1. The Morgan fingerprint density at radius 1 is 1.39 bits per heavy atom. The van der Waals surface area contributed by atoms with Gasteiger partial charge in [0.2, 0.25) is 0 Å². The van der Waals surface area contributed by atoms with Crippen LogP contribution in [-0.4, -0.2) is 24.7 Å². The lowest BCUT2D eigenvalue weighted by molar-refractivity contribution is 0.531. The zero-order chi connectivity index (χ0) is 13.3. The van der Waals surface area contributed by atoms with Gasteiger partial charge in [-0.1, -0.05) is 11.3 Å². The third kappa shape index (κ3) is 2.82. The topological polar surface area (TPSA) is 76.7 Å². The maximum atomic E-state index is 12.0. The van der Waals surface area contributed by atoms with Crippen molar-refractivity contribution in [2.75, 3.05) is 0 Å². The largest absolute Gasteiger partial charge is 0.598 e. The molecule has 2 N–H and O–H groups in total. The molecule has 0 radical (unpaired) electrons. The SMILES string of the molecule is C[C@@H](N[S+]([O-])C(C)(C)C)c1ccc2nn[nH]c2c1. The lowest BCUT2D eigenvalue weighted by Crippen LogP contribution is -2.40. The van der Waals surface area contributed by atoms with Crippen LogP contribution in [0.15, 0.2) is 18.2 Å².